The van der Waals surface area contributed by atoms with Crippen LogP contribution in [0.25, 0.3) is 6.08 Å². The summed E-state index contributed by atoms with van der Waals surface area (Å²) in [4.78, 5) is 11.2. The Morgan fingerprint density at radius 2 is 2.47 bits per heavy atom. The van der Waals surface area contributed by atoms with Crippen LogP contribution in [0.2, 0.25) is 0 Å². The Balaban J connectivity index is 2.71. The molecule has 0 spiro atoms. The van der Waals surface area contributed by atoms with Crippen LogP contribution in [0.5, 0.6) is 0 Å². The van der Waals surface area contributed by atoms with Crippen LogP contribution in [0.1, 0.15) is 18.2 Å². The Hall–Kier alpha value is -1.53. The first-order valence-electron chi connectivity index (χ1n) is 6.04. The van der Waals surface area contributed by atoms with Crippen molar-refractivity contribution in [1.82, 2.24) is 9.88 Å². The second kappa shape index (κ2) is 8.55. The Morgan fingerprint density at radius 1 is 1.68 bits per heavy atom. The van der Waals surface area contributed by atoms with Gasteiger partial charge in [-0.1, -0.05) is 0 Å². The van der Waals surface area contributed by atoms with E-state index >= 15 is 0 Å². The second-order valence-corrected chi connectivity index (χ2v) is 5.01. The molecule has 5 nitrogen and oxygen atoms in total. The zero-order valence-corrected chi connectivity index (χ0v) is 12.4. The molecule has 1 rings (SSSR count). The molecule has 0 aromatic carbocycles. The van der Waals surface area contributed by atoms with Gasteiger partial charge in [-0.2, -0.15) is 0 Å². The summed E-state index contributed by atoms with van der Waals surface area (Å²) in [6.07, 6.45) is 7.64. The molecule has 6 heteroatoms. The van der Waals surface area contributed by atoms with Gasteiger partial charge in [-0.15, -0.1) is 11.3 Å². The number of ether oxygens (including phenoxy) is 1. The van der Waals surface area contributed by atoms with E-state index in [-0.39, 0.29) is 0 Å². The standard InChI is InChI=1S/C13H20N4OS/c1-11(6-7-18-3)17(2)13(16-9-14)5-4-12-8-15-10-19-12/h4-5,8-11,14H,6-7H2,1-3H3/b5-4+,14-9?,16-13+. The topological polar surface area (TPSA) is 61.6 Å². The number of aliphatic imine (C=N–C) groups is 1. The highest BCUT2D eigenvalue weighted by molar-refractivity contribution is 7.10. The van der Waals surface area contributed by atoms with E-state index in [1.165, 1.54) is 0 Å². The van der Waals surface area contributed by atoms with Crippen LogP contribution in [0.3, 0.4) is 0 Å². The first-order valence-corrected chi connectivity index (χ1v) is 6.92. The van der Waals surface area contributed by atoms with Crippen LogP contribution in [-0.4, -0.2) is 48.9 Å². The van der Waals surface area contributed by atoms with E-state index in [4.69, 9.17) is 10.1 Å². The molecule has 0 aliphatic heterocycles. The fraction of sp³-hybridized carbons (Fsp3) is 0.462. The smallest absolute Gasteiger partial charge is 0.130 e. The molecule has 1 aromatic rings. The molecule has 1 aromatic heterocycles. The SMILES string of the molecule is COCCC(C)N(C)C(/C=C/c1cncs1)=N/C=N. The lowest BCUT2D eigenvalue weighted by atomic mass is 10.2. The molecule has 0 radical (unpaired) electrons. The van der Waals surface area contributed by atoms with Crippen molar-refractivity contribution in [1.29, 1.82) is 5.41 Å². The maximum absolute atomic E-state index is 7.15. The monoisotopic (exact) mass is 280 g/mol. The highest BCUT2D eigenvalue weighted by atomic mass is 32.1. The molecule has 0 amide bonds. The molecule has 0 fully saturated rings. The number of thiazole rings is 1. The third-order valence-corrected chi connectivity index (χ3v) is 3.55. The van der Waals surface area contributed by atoms with E-state index in [1.54, 1.807) is 30.2 Å². The summed E-state index contributed by atoms with van der Waals surface area (Å²) in [5.74, 6) is 0.756. The van der Waals surface area contributed by atoms with Crippen LogP contribution in [0.15, 0.2) is 22.8 Å². The van der Waals surface area contributed by atoms with Crippen molar-refractivity contribution in [3.05, 3.63) is 22.7 Å². The Bertz CT molecular complexity index is 428. The molecule has 1 unspecified atom stereocenters. The second-order valence-electron chi connectivity index (χ2n) is 4.09. The maximum atomic E-state index is 7.15. The van der Waals surface area contributed by atoms with E-state index in [0.717, 1.165) is 23.5 Å². The van der Waals surface area contributed by atoms with Crippen molar-refractivity contribution in [3.8, 4) is 0 Å². The van der Waals surface area contributed by atoms with Crippen LogP contribution < -0.4 is 0 Å². The summed E-state index contributed by atoms with van der Waals surface area (Å²) in [6.45, 7) is 2.82. The molecule has 0 saturated carbocycles. The number of hydrogen-bond acceptors (Lipinski definition) is 4. The Labute approximate surface area is 118 Å². The molecule has 0 bridgehead atoms. The zero-order chi connectivity index (χ0) is 14.1. The highest BCUT2D eigenvalue weighted by Crippen LogP contribution is 2.09. The van der Waals surface area contributed by atoms with Gasteiger partial charge in [0.15, 0.2) is 0 Å². The number of hydrogen-bond donors (Lipinski definition) is 1. The minimum Gasteiger partial charge on any atom is -0.385 e. The predicted octanol–water partition coefficient (Wildman–Crippen LogP) is 2.52. The summed E-state index contributed by atoms with van der Waals surface area (Å²) in [5, 5.41) is 7.15. The molecule has 19 heavy (non-hydrogen) atoms. The average Bonchev–Trinajstić information content (AvgIpc) is 2.93. The van der Waals surface area contributed by atoms with E-state index in [0.29, 0.717) is 12.6 Å². The summed E-state index contributed by atoms with van der Waals surface area (Å²) >= 11 is 1.57. The van der Waals surface area contributed by atoms with Crippen molar-refractivity contribution < 1.29 is 4.74 Å². The normalized spacial score (nSPS) is 13.7. The van der Waals surface area contributed by atoms with Gasteiger partial charge in [-0.05, 0) is 25.5 Å². The fourth-order valence-electron chi connectivity index (χ4n) is 1.49. The zero-order valence-electron chi connectivity index (χ0n) is 11.5. The molecule has 1 N–H and O–H groups in total. The molecule has 1 atom stereocenters. The molecule has 1 heterocycles. The molecular formula is C13H20N4OS. The summed E-state index contributed by atoms with van der Waals surface area (Å²) in [5.41, 5.74) is 1.79. The fourth-order valence-corrected chi connectivity index (χ4v) is 2.00. The van der Waals surface area contributed by atoms with Crippen molar-refractivity contribution >= 4 is 29.6 Å². The first-order chi connectivity index (χ1) is 9.19. The molecule has 0 aliphatic rings. The van der Waals surface area contributed by atoms with E-state index in [1.807, 2.05) is 24.1 Å². The Kier molecular flexibility index (Phi) is 6.99. The lowest BCUT2D eigenvalue weighted by molar-refractivity contribution is 0.173. The predicted molar refractivity (Wildman–Crippen MR) is 81.1 cm³/mol. The van der Waals surface area contributed by atoms with Gasteiger partial charge >= 0.3 is 0 Å². The largest absolute Gasteiger partial charge is 0.385 e. The van der Waals surface area contributed by atoms with E-state index < -0.39 is 0 Å². The minimum absolute atomic E-state index is 0.296. The minimum atomic E-state index is 0.296. The van der Waals surface area contributed by atoms with Crippen molar-refractivity contribution in [2.45, 2.75) is 19.4 Å². The number of nitrogens with one attached hydrogen (secondary N) is 1. The Morgan fingerprint density at radius 3 is 3.05 bits per heavy atom. The highest BCUT2D eigenvalue weighted by Gasteiger charge is 2.11. The van der Waals surface area contributed by atoms with Gasteiger partial charge in [0, 0.05) is 37.9 Å². The number of nitrogens with zero attached hydrogens (tertiary/aromatic N) is 3. The number of rotatable bonds is 7. The number of amidine groups is 1. The van der Waals surface area contributed by atoms with Crippen molar-refractivity contribution in [2.24, 2.45) is 4.99 Å². The summed E-state index contributed by atoms with van der Waals surface area (Å²) in [7, 11) is 3.67. The van der Waals surface area contributed by atoms with Crippen LogP contribution in [-0.2, 0) is 4.74 Å². The average molecular weight is 280 g/mol. The van der Waals surface area contributed by atoms with Gasteiger partial charge in [0.1, 0.15) is 12.2 Å². The molecule has 0 aliphatic carbocycles. The van der Waals surface area contributed by atoms with Crippen molar-refractivity contribution in [3.63, 3.8) is 0 Å². The quantitative estimate of drug-likeness (QED) is 0.616. The van der Waals surface area contributed by atoms with Gasteiger partial charge in [-0.25, -0.2) is 4.99 Å². The van der Waals surface area contributed by atoms with Gasteiger partial charge in [0.2, 0.25) is 0 Å². The van der Waals surface area contributed by atoms with Crippen LogP contribution >= 0.6 is 11.3 Å². The first kappa shape index (κ1) is 15.5. The summed E-state index contributed by atoms with van der Waals surface area (Å²) < 4.78 is 5.09. The van der Waals surface area contributed by atoms with Crippen LogP contribution in [0, 0.1) is 5.41 Å². The van der Waals surface area contributed by atoms with E-state index in [2.05, 4.69) is 16.9 Å². The third kappa shape index (κ3) is 5.32. The summed E-state index contributed by atoms with van der Waals surface area (Å²) in [6, 6.07) is 0.296. The molecule has 104 valence electrons. The number of aromatic nitrogens is 1. The van der Waals surface area contributed by atoms with Gasteiger partial charge < -0.3 is 9.64 Å². The number of likely N-dealkylation sites (N-methyl/N-ethyl adjacent to an activating group) is 1. The lowest BCUT2D eigenvalue weighted by Crippen LogP contribution is -2.34. The van der Waals surface area contributed by atoms with Gasteiger partial charge in [0.05, 0.1) is 5.51 Å². The van der Waals surface area contributed by atoms with E-state index in [9.17, 15) is 0 Å². The lowest BCUT2D eigenvalue weighted by Gasteiger charge is -2.26. The van der Waals surface area contributed by atoms with Gasteiger partial charge in [-0.3, -0.25) is 10.4 Å². The van der Waals surface area contributed by atoms with Gasteiger partial charge in [0.25, 0.3) is 0 Å². The number of methoxy groups -OCH3 is 1. The molecular weight excluding hydrogens is 260 g/mol. The maximum Gasteiger partial charge on any atom is 0.130 e. The van der Waals surface area contributed by atoms with Crippen molar-refractivity contribution in [2.75, 3.05) is 20.8 Å². The third-order valence-electron chi connectivity index (χ3n) is 2.81. The van der Waals surface area contributed by atoms with Crippen LogP contribution in [0.4, 0.5) is 0 Å². The molecule has 0 saturated heterocycles.